The Morgan fingerprint density at radius 3 is 2.86 bits per heavy atom. The number of amides is 2. The van der Waals surface area contributed by atoms with Crippen LogP contribution in [0, 0.1) is 0 Å². The highest BCUT2D eigenvalue weighted by Gasteiger charge is 2.20. The average Bonchev–Trinajstić information content (AvgIpc) is 2.98. The van der Waals surface area contributed by atoms with E-state index < -0.39 is 0 Å². The number of ether oxygens (including phenoxy) is 1. The molecule has 8 nitrogen and oxygen atoms in total. The van der Waals surface area contributed by atoms with E-state index in [1.807, 2.05) is 29.2 Å². The van der Waals surface area contributed by atoms with Crippen LogP contribution in [0.15, 0.2) is 42.7 Å². The fraction of sp³-hybridized carbons (Fsp3) is 0.350. The van der Waals surface area contributed by atoms with Gasteiger partial charge in [0.15, 0.2) is 0 Å². The predicted octanol–water partition coefficient (Wildman–Crippen LogP) is 2.39. The predicted molar refractivity (Wildman–Crippen MR) is 108 cm³/mol. The van der Waals surface area contributed by atoms with Crippen molar-refractivity contribution in [1.29, 1.82) is 0 Å². The molecule has 1 fully saturated rings. The second-order valence-electron chi connectivity index (χ2n) is 6.78. The summed E-state index contributed by atoms with van der Waals surface area (Å²) in [6, 6.07) is 9.67. The van der Waals surface area contributed by atoms with Crippen LogP contribution in [0.3, 0.4) is 0 Å². The van der Waals surface area contributed by atoms with Gasteiger partial charge in [-0.15, -0.1) is 0 Å². The Labute approximate surface area is 163 Å². The van der Waals surface area contributed by atoms with Crippen molar-refractivity contribution in [2.45, 2.75) is 13.0 Å². The van der Waals surface area contributed by atoms with Crippen LogP contribution >= 0.6 is 0 Å². The molecule has 0 aliphatic carbocycles. The lowest BCUT2D eigenvalue weighted by Gasteiger charge is -2.22. The van der Waals surface area contributed by atoms with Crippen molar-refractivity contribution in [2.24, 2.45) is 0 Å². The van der Waals surface area contributed by atoms with Gasteiger partial charge in [0, 0.05) is 55.2 Å². The Balaban J connectivity index is 1.33. The molecule has 0 unspecified atom stereocenters. The summed E-state index contributed by atoms with van der Waals surface area (Å²) in [7, 11) is 1.65. The number of fused-ring (bicyclic) bond motifs is 1. The second kappa shape index (κ2) is 8.16. The first-order valence-electron chi connectivity index (χ1n) is 9.43. The van der Waals surface area contributed by atoms with E-state index in [4.69, 9.17) is 4.74 Å². The van der Waals surface area contributed by atoms with Crippen molar-refractivity contribution in [3.8, 4) is 5.75 Å². The van der Waals surface area contributed by atoms with Crippen LogP contribution in [0.4, 0.5) is 10.7 Å². The molecule has 1 aliphatic heterocycles. The van der Waals surface area contributed by atoms with Gasteiger partial charge in [0.05, 0.1) is 13.7 Å². The monoisotopic (exact) mass is 380 g/mol. The van der Waals surface area contributed by atoms with Crippen LogP contribution in [0.5, 0.6) is 5.75 Å². The van der Waals surface area contributed by atoms with Crippen LogP contribution in [0.2, 0.25) is 0 Å². The molecule has 2 amide bonds. The zero-order valence-electron chi connectivity index (χ0n) is 15.9. The Morgan fingerprint density at radius 2 is 2.04 bits per heavy atom. The van der Waals surface area contributed by atoms with Crippen LogP contribution < -0.4 is 15.0 Å². The number of hydrogen-bond acceptors (Lipinski definition) is 5. The third-order valence-electron chi connectivity index (χ3n) is 4.93. The number of aromatic amines is 1. The Kier molecular flexibility index (Phi) is 5.27. The number of urea groups is 1. The highest BCUT2D eigenvalue weighted by molar-refractivity contribution is 5.82. The summed E-state index contributed by atoms with van der Waals surface area (Å²) in [5.74, 6) is 1.54. The van der Waals surface area contributed by atoms with E-state index in [2.05, 4.69) is 25.2 Å². The molecule has 3 heterocycles. The van der Waals surface area contributed by atoms with Gasteiger partial charge in [0.25, 0.3) is 0 Å². The summed E-state index contributed by atoms with van der Waals surface area (Å²) in [5, 5.41) is 4.08. The van der Waals surface area contributed by atoms with E-state index in [-0.39, 0.29) is 6.03 Å². The molecular weight excluding hydrogens is 356 g/mol. The van der Waals surface area contributed by atoms with Crippen molar-refractivity contribution in [2.75, 3.05) is 38.2 Å². The van der Waals surface area contributed by atoms with Crippen molar-refractivity contribution >= 4 is 22.9 Å². The number of hydrogen-bond donors (Lipinski definition) is 2. The van der Waals surface area contributed by atoms with Crippen LogP contribution in [0.1, 0.15) is 12.1 Å². The Hall–Kier alpha value is -3.29. The summed E-state index contributed by atoms with van der Waals surface area (Å²) in [5.41, 5.74) is 1.99. The largest absolute Gasteiger partial charge is 0.497 e. The van der Waals surface area contributed by atoms with Gasteiger partial charge in [0.1, 0.15) is 5.75 Å². The molecule has 2 aromatic heterocycles. The highest BCUT2D eigenvalue weighted by Crippen LogP contribution is 2.21. The van der Waals surface area contributed by atoms with E-state index in [0.29, 0.717) is 13.1 Å². The summed E-state index contributed by atoms with van der Waals surface area (Å²) in [6.45, 7) is 3.39. The van der Waals surface area contributed by atoms with E-state index in [1.54, 1.807) is 25.6 Å². The fourth-order valence-corrected chi connectivity index (χ4v) is 3.45. The molecule has 3 aromatic rings. The highest BCUT2D eigenvalue weighted by atomic mass is 16.5. The molecule has 8 heteroatoms. The van der Waals surface area contributed by atoms with E-state index in [9.17, 15) is 4.79 Å². The van der Waals surface area contributed by atoms with E-state index in [1.165, 1.54) is 0 Å². The number of carbonyl (C=O) groups is 1. The van der Waals surface area contributed by atoms with Gasteiger partial charge in [0.2, 0.25) is 5.95 Å². The van der Waals surface area contributed by atoms with Crippen molar-refractivity contribution < 1.29 is 9.53 Å². The number of rotatable bonds is 4. The first kappa shape index (κ1) is 18.1. The smallest absolute Gasteiger partial charge is 0.317 e. The third kappa shape index (κ3) is 4.00. The van der Waals surface area contributed by atoms with Crippen molar-refractivity contribution in [1.82, 2.24) is 25.2 Å². The maximum absolute atomic E-state index is 12.6. The van der Waals surface area contributed by atoms with Gasteiger partial charge < -0.3 is 24.8 Å². The van der Waals surface area contributed by atoms with E-state index in [0.717, 1.165) is 54.3 Å². The summed E-state index contributed by atoms with van der Waals surface area (Å²) in [4.78, 5) is 28.5. The summed E-state index contributed by atoms with van der Waals surface area (Å²) in [6.07, 6.45) is 4.37. The fourth-order valence-electron chi connectivity index (χ4n) is 3.45. The second-order valence-corrected chi connectivity index (χ2v) is 6.78. The molecule has 0 atom stereocenters. The molecule has 0 bridgehead atoms. The molecule has 1 saturated heterocycles. The third-order valence-corrected chi connectivity index (χ3v) is 4.93. The molecule has 146 valence electrons. The van der Waals surface area contributed by atoms with Crippen LogP contribution in [-0.2, 0) is 6.54 Å². The van der Waals surface area contributed by atoms with Gasteiger partial charge >= 0.3 is 6.03 Å². The number of anilines is 1. The Morgan fingerprint density at radius 1 is 1.18 bits per heavy atom. The Bertz CT molecular complexity index is 942. The molecular formula is C20H24N6O2. The van der Waals surface area contributed by atoms with Gasteiger partial charge in [-0.2, -0.15) is 0 Å². The lowest BCUT2D eigenvalue weighted by atomic mass is 10.2. The standard InChI is InChI=1S/C20H24N6O2/c1-28-17-4-5-18-15(13-17)12-16(24-18)14-23-20(27)26-9-3-8-25(10-11-26)19-21-6-2-7-22-19/h2,4-7,12-13,24H,3,8-11,14H2,1H3,(H,23,27). The molecule has 1 aliphatic rings. The topological polar surface area (TPSA) is 86.4 Å². The number of H-pyrrole nitrogens is 1. The van der Waals surface area contributed by atoms with Crippen molar-refractivity contribution in [3.63, 3.8) is 0 Å². The summed E-state index contributed by atoms with van der Waals surface area (Å²) < 4.78 is 5.26. The molecule has 0 spiro atoms. The first-order chi connectivity index (χ1) is 13.7. The van der Waals surface area contributed by atoms with Gasteiger partial charge in [-0.3, -0.25) is 0 Å². The normalized spacial score (nSPS) is 14.8. The lowest BCUT2D eigenvalue weighted by molar-refractivity contribution is 0.201. The number of nitrogens with one attached hydrogen (secondary N) is 2. The molecule has 1 aromatic carbocycles. The number of methoxy groups -OCH3 is 1. The molecule has 4 rings (SSSR count). The minimum Gasteiger partial charge on any atom is -0.497 e. The molecule has 0 saturated carbocycles. The number of nitrogens with zero attached hydrogens (tertiary/aromatic N) is 4. The lowest BCUT2D eigenvalue weighted by Crippen LogP contribution is -2.41. The summed E-state index contributed by atoms with van der Waals surface area (Å²) >= 11 is 0. The maximum Gasteiger partial charge on any atom is 0.317 e. The molecule has 28 heavy (non-hydrogen) atoms. The van der Waals surface area contributed by atoms with Gasteiger partial charge in [-0.1, -0.05) is 0 Å². The zero-order valence-corrected chi connectivity index (χ0v) is 15.9. The SMILES string of the molecule is COc1ccc2[nH]c(CNC(=O)N3CCCN(c4ncccn4)CC3)cc2c1. The average molecular weight is 380 g/mol. The van der Waals surface area contributed by atoms with Crippen LogP contribution in [0.25, 0.3) is 10.9 Å². The molecule has 0 radical (unpaired) electrons. The quantitative estimate of drug-likeness (QED) is 0.726. The van der Waals surface area contributed by atoms with Crippen LogP contribution in [-0.4, -0.2) is 59.2 Å². The number of carbonyl (C=O) groups excluding carboxylic acids is 1. The first-order valence-corrected chi connectivity index (χ1v) is 9.43. The van der Waals surface area contributed by atoms with Gasteiger partial charge in [-0.05, 0) is 36.8 Å². The maximum atomic E-state index is 12.6. The van der Waals surface area contributed by atoms with Crippen molar-refractivity contribution in [3.05, 3.63) is 48.4 Å². The minimum atomic E-state index is -0.0490. The van der Waals surface area contributed by atoms with E-state index >= 15 is 0 Å². The number of benzene rings is 1. The number of aromatic nitrogens is 3. The molecule has 2 N–H and O–H groups in total. The zero-order chi connectivity index (χ0) is 19.3. The minimum absolute atomic E-state index is 0.0490. The van der Waals surface area contributed by atoms with Gasteiger partial charge in [-0.25, -0.2) is 14.8 Å².